The van der Waals surface area contributed by atoms with Gasteiger partial charge in [0, 0.05) is 17.6 Å². The Bertz CT molecular complexity index is 346. The van der Waals surface area contributed by atoms with Crippen molar-refractivity contribution in [2.75, 3.05) is 6.61 Å². The molecule has 0 heterocycles. The number of nitrogens with one attached hydrogen (secondary N) is 1. The van der Waals surface area contributed by atoms with Crippen LogP contribution in [-0.4, -0.2) is 22.4 Å². The van der Waals surface area contributed by atoms with Crippen LogP contribution >= 0.6 is 0 Å². The molecule has 0 spiro atoms. The molecule has 1 aromatic carbocycles. The summed E-state index contributed by atoms with van der Waals surface area (Å²) >= 11 is 0. The Kier molecular flexibility index (Phi) is 3.46. The number of aliphatic hydroxyl groups excluding tert-OH is 1. The van der Waals surface area contributed by atoms with E-state index in [1.54, 1.807) is 6.07 Å². The Labute approximate surface area is 96.1 Å². The van der Waals surface area contributed by atoms with Crippen LogP contribution in [0.25, 0.3) is 0 Å². The molecule has 3 heteroatoms. The predicted molar refractivity (Wildman–Crippen MR) is 63.2 cm³/mol. The molecule has 1 aliphatic carbocycles. The Morgan fingerprint density at radius 1 is 1.19 bits per heavy atom. The Morgan fingerprint density at radius 3 is 2.50 bits per heavy atom. The summed E-state index contributed by atoms with van der Waals surface area (Å²) in [4.78, 5) is 0. The molecular formula is C13H19NO2. The van der Waals surface area contributed by atoms with Crippen LogP contribution in [-0.2, 0) is 6.54 Å². The lowest BCUT2D eigenvalue weighted by molar-refractivity contribution is 0.162. The highest BCUT2D eigenvalue weighted by Gasteiger charge is 2.32. The number of hydrogen-bond donors (Lipinski definition) is 3. The fourth-order valence-electron chi connectivity index (χ4n) is 2.39. The van der Waals surface area contributed by atoms with E-state index in [9.17, 15) is 10.2 Å². The Morgan fingerprint density at radius 2 is 1.88 bits per heavy atom. The standard InChI is InChI=1S/C13H19NO2/c15-10-13(7-3-4-8-13)14-9-11-5-1-2-6-12(11)16/h1-2,5-6,14-16H,3-4,7-10H2. The van der Waals surface area contributed by atoms with Crippen molar-refractivity contribution >= 4 is 0 Å². The van der Waals surface area contributed by atoms with Crippen molar-refractivity contribution in [2.24, 2.45) is 0 Å². The van der Waals surface area contributed by atoms with E-state index in [0.29, 0.717) is 12.3 Å². The average molecular weight is 221 g/mol. The van der Waals surface area contributed by atoms with Crippen LogP contribution in [0.15, 0.2) is 24.3 Å². The normalized spacial score (nSPS) is 18.8. The van der Waals surface area contributed by atoms with E-state index in [0.717, 1.165) is 18.4 Å². The molecule has 1 saturated carbocycles. The number of para-hydroxylation sites is 1. The molecule has 1 aromatic rings. The van der Waals surface area contributed by atoms with Gasteiger partial charge in [0.05, 0.1) is 6.61 Å². The number of phenols is 1. The summed E-state index contributed by atoms with van der Waals surface area (Å²) in [6.45, 7) is 0.799. The van der Waals surface area contributed by atoms with Gasteiger partial charge in [0.15, 0.2) is 0 Å². The Balaban J connectivity index is 1.98. The highest BCUT2D eigenvalue weighted by Crippen LogP contribution is 2.30. The lowest BCUT2D eigenvalue weighted by Crippen LogP contribution is -2.45. The zero-order valence-corrected chi connectivity index (χ0v) is 9.45. The molecule has 1 aliphatic rings. The van der Waals surface area contributed by atoms with Gasteiger partial charge in [-0.25, -0.2) is 0 Å². The van der Waals surface area contributed by atoms with E-state index in [1.807, 2.05) is 18.2 Å². The number of rotatable bonds is 4. The third-order valence-electron chi connectivity index (χ3n) is 3.51. The molecule has 3 N–H and O–H groups in total. The van der Waals surface area contributed by atoms with Gasteiger partial charge in [0.25, 0.3) is 0 Å². The molecule has 3 nitrogen and oxygen atoms in total. The summed E-state index contributed by atoms with van der Waals surface area (Å²) < 4.78 is 0. The van der Waals surface area contributed by atoms with Gasteiger partial charge < -0.3 is 15.5 Å². The molecule has 0 aliphatic heterocycles. The van der Waals surface area contributed by atoms with Crippen molar-refractivity contribution in [1.29, 1.82) is 0 Å². The van der Waals surface area contributed by atoms with Crippen LogP contribution in [0.3, 0.4) is 0 Å². The SMILES string of the molecule is OCC1(NCc2ccccc2O)CCCC1. The van der Waals surface area contributed by atoms with Crippen LogP contribution < -0.4 is 5.32 Å². The molecule has 88 valence electrons. The summed E-state index contributed by atoms with van der Waals surface area (Å²) in [7, 11) is 0. The maximum absolute atomic E-state index is 9.64. The molecule has 0 amide bonds. The van der Waals surface area contributed by atoms with Crippen LogP contribution in [0.1, 0.15) is 31.2 Å². The number of aliphatic hydroxyl groups is 1. The van der Waals surface area contributed by atoms with Gasteiger partial charge in [-0.2, -0.15) is 0 Å². The summed E-state index contributed by atoms with van der Waals surface area (Å²) in [5.41, 5.74) is 0.768. The van der Waals surface area contributed by atoms with Crippen molar-refractivity contribution < 1.29 is 10.2 Å². The third kappa shape index (κ3) is 2.36. The highest BCUT2D eigenvalue weighted by atomic mass is 16.3. The first-order chi connectivity index (χ1) is 7.76. The van der Waals surface area contributed by atoms with E-state index in [1.165, 1.54) is 12.8 Å². The first-order valence-corrected chi connectivity index (χ1v) is 5.88. The summed E-state index contributed by atoms with van der Waals surface area (Å²) in [5, 5.41) is 22.5. The lowest BCUT2D eigenvalue weighted by atomic mass is 9.98. The van der Waals surface area contributed by atoms with Gasteiger partial charge in [-0.05, 0) is 18.9 Å². The van der Waals surface area contributed by atoms with Gasteiger partial charge in [-0.3, -0.25) is 0 Å². The first-order valence-electron chi connectivity index (χ1n) is 5.88. The molecule has 0 saturated heterocycles. The van der Waals surface area contributed by atoms with Crippen molar-refractivity contribution in [3.63, 3.8) is 0 Å². The molecule has 0 radical (unpaired) electrons. The van der Waals surface area contributed by atoms with Gasteiger partial charge in [-0.1, -0.05) is 31.0 Å². The monoisotopic (exact) mass is 221 g/mol. The summed E-state index contributed by atoms with van der Waals surface area (Å²) in [5.74, 6) is 0.320. The van der Waals surface area contributed by atoms with Gasteiger partial charge in [-0.15, -0.1) is 0 Å². The maximum Gasteiger partial charge on any atom is 0.120 e. The molecule has 0 aromatic heterocycles. The maximum atomic E-state index is 9.64. The molecule has 16 heavy (non-hydrogen) atoms. The zero-order valence-electron chi connectivity index (χ0n) is 9.45. The Hall–Kier alpha value is -1.06. The minimum Gasteiger partial charge on any atom is -0.508 e. The quantitative estimate of drug-likeness (QED) is 0.726. The number of hydrogen-bond acceptors (Lipinski definition) is 3. The van der Waals surface area contributed by atoms with E-state index in [-0.39, 0.29) is 12.1 Å². The van der Waals surface area contributed by atoms with Crippen LogP contribution in [0.5, 0.6) is 5.75 Å². The van der Waals surface area contributed by atoms with Crippen LogP contribution in [0, 0.1) is 0 Å². The lowest BCUT2D eigenvalue weighted by Gasteiger charge is -2.28. The van der Waals surface area contributed by atoms with E-state index in [4.69, 9.17) is 0 Å². The predicted octanol–water partition coefficient (Wildman–Crippen LogP) is 1.79. The zero-order chi connectivity index (χ0) is 11.4. The summed E-state index contributed by atoms with van der Waals surface area (Å²) in [6.07, 6.45) is 4.40. The van der Waals surface area contributed by atoms with Gasteiger partial charge in [0.1, 0.15) is 5.75 Å². The van der Waals surface area contributed by atoms with Crippen molar-refractivity contribution in [1.82, 2.24) is 5.32 Å². The molecule has 0 unspecified atom stereocenters. The number of benzene rings is 1. The average Bonchev–Trinajstić information content (AvgIpc) is 2.78. The van der Waals surface area contributed by atoms with Crippen LogP contribution in [0.4, 0.5) is 0 Å². The second-order valence-electron chi connectivity index (χ2n) is 4.63. The minimum absolute atomic E-state index is 0.123. The molecule has 1 fully saturated rings. The van der Waals surface area contributed by atoms with Gasteiger partial charge >= 0.3 is 0 Å². The first kappa shape index (κ1) is 11.4. The second kappa shape index (κ2) is 4.85. The van der Waals surface area contributed by atoms with E-state index in [2.05, 4.69) is 5.32 Å². The topological polar surface area (TPSA) is 52.5 Å². The summed E-state index contributed by atoms with van der Waals surface area (Å²) in [6, 6.07) is 7.33. The number of aromatic hydroxyl groups is 1. The van der Waals surface area contributed by atoms with Crippen LogP contribution in [0.2, 0.25) is 0 Å². The largest absolute Gasteiger partial charge is 0.508 e. The number of phenolic OH excluding ortho intramolecular Hbond substituents is 1. The van der Waals surface area contributed by atoms with E-state index >= 15 is 0 Å². The van der Waals surface area contributed by atoms with Crippen molar-refractivity contribution in [2.45, 2.75) is 37.8 Å². The fourth-order valence-corrected chi connectivity index (χ4v) is 2.39. The van der Waals surface area contributed by atoms with Crippen molar-refractivity contribution in [3.8, 4) is 5.75 Å². The molecular weight excluding hydrogens is 202 g/mol. The fraction of sp³-hybridized carbons (Fsp3) is 0.538. The highest BCUT2D eigenvalue weighted by molar-refractivity contribution is 5.31. The second-order valence-corrected chi connectivity index (χ2v) is 4.63. The minimum atomic E-state index is -0.123. The smallest absolute Gasteiger partial charge is 0.120 e. The van der Waals surface area contributed by atoms with Gasteiger partial charge in [0.2, 0.25) is 0 Å². The molecule has 0 bridgehead atoms. The third-order valence-corrected chi connectivity index (χ3v) is 3.51. The van der Waals surface area contributed by atoms with E-state index < -0.39 is 0 Å². The van der Waals surface area contributed by atoms with Crippen molar-refractivity contribution in [3.05, 3.63) is 29.8 Å². The molecule has 0 atom stereocenters. The molecule has 2 rings (SSSR count).